The van der Waals surface area contributed by atoms with Crippen LogP contribution in [0.3, 0.4) is 0 Å². The number of hydrogen-bond acceptors (Lipinski definition) is 2. The molecule has 104 valence electrons. The van der Waals surface area contributed by atoms with Crippen molar-refractivity contribution in [2.24, 2.45) is 5.73 Å². The summed E-state index contributed by atoms with van der Waals surface area (Å²) in [5.74, 6) is 0.845. The Morgan fingerprint density at radius 3 is 2.50 bits per heavy atom. The lowest BCUT2D eigenvalue weighted by molar-refractivity contribution is 0.161. The number of nitrogens with two attached hydrogens (primary N) is 1. The van der Waals surface area contributed by atoms with Gasteiger partial charge in [0.2, 0.25) is 0 Å². The third-order valence-corrected chi connectivity index (χ3v) is 3.96. The molecule has 0 bridgehead atoms. The van der Waals surface area contributed by atoms with Gasteiger partial charge in [-0.1, -0.05) is 40.9 Å². The Morgan fingerprint density at radius 2 is 1.80 bits per heavy atom. The molecule has 2 aromatic carbocycles. The Labute approximate surface area is 124 Å². The summed E-state index contributed by atoms with van der Waals surface area (Å²) >= 11 is 6.03. The van der Waals surface area contributed by atoms with Crippen molar-refractivity contribution in [3.8, 4) is 5.75 Å². The van der Waals surface area contributed by atoms with E-state index in [1.165, 1.54) is 16.7 Å². The van der Waals surface area contributed by atoms with Gasteiger partial charge in [0.1, 0.15) is 11.9 Å². The van der Waals surface area contributed by atoms with Crippen LogP contribution in [0.4, 0.5) is 0 Å². The van der Waals surface area contributed by atoms with Crippen LogP contribution in [-0.2, 0) is 0 Å². The summed E-state index contributed by atoms with van der Waals surface area (Å²) in [4.78, 5) is 0. The van der Waals surface area contributed by atoms with Crippen molar-refractivity contribution < 1.29 is 4.74 Å². The highest BCUT2D eigenvalue weighted by molar-refractivity contribution is 6.30. The van der Waals surface area contributed by atoms with Crippen LogP contribution < -0.4 is 10.5 Å². The van der Waals surface area contributed by atoms with E-state index in [0.717, 1.165) is 17.7 Å². The van der Waals surface area contributed by atoms with Crippen molar-refractivity contribution in [1.29, 1.82) is 0 Å². The topological polar surface area (TPSA) is 35.2 Å². The zero-order chi connectivity index (χ0) is 14.3. The zero-order valence-corrected chi connectivity index (χ0v) is 12.4. The zero-order valence-electron chi connectivity index (χ0n) is 11.7. The summed E-state index contributed by atoms with van der Waals surface area (Å²) in [5, 5.41) is 0.702. The number of rotatable bonds is 1. The molecule has 2 nitrogen and oxygen atoms in total. The number of ether oxygens (including phenoxy) is 1. The van der Waals surface area contributed by atoms with Crippen molar-refractivity contribution >= 4 is 11.6 Å². The quantitative estimate of drug-likeness (QED) is 0.839. The van der Waals surface area contributed by atoms with Crippen molar-refractivity contribution in [2.45, 2.75) is 32.4 Å². The van der Waals surface area contributed by atoms with Crippen LogP contribution in [-0.4, -0.2) is 0 Å². The number of halogens is 1. The molecule has 0 spiro atoms. The van der Waals surface area contributed by atoms with Gasteiger partial charge in [0.05, 0.1) is 0 Å². The average Bonchev–Trinajstić information content (AvgIpc) is 2.38. The van der Waals surface area contributed by atoms with Crippen molar-refractivity contribution in [1.82, 2.24) is 0 Å². The summed E-state index contributed by atoms with van der Waals surface area (Å²) in [7, 11) is 0. The molecule has 0 saturated carbocycles. The van der Waals surface area contributed by atoms with E-state index in [9.17, 15) is 0 Å². The van der Waals surface area contributed by atoms with Gasteiger partial charge in [0, 0.05) is 23.0 Å². The fourth-order valence-electron chi connectivity index (χ4n) is 2.88. The normalized spacial score (nSPS) is 21.2. The molecule has 3 heteroatoms. The first-order chi connectivity index (χ1) is 9.52. The third-order valence-electron chi connectivity index (χ3n) is 3.72. The Bertz CT molecular complexity index is 633. The van der Waals surface area contributed by atoms with E-state index in [1.54, 1.807) is 0 Å². The fraction of sp³-hybridized carbons (Fsp3) is 0.294. The molecule has 20 heavy (non-hydrogen) atoms. The van der Waals surface area contributed by atoms with Crippen molar-refractivity contribution in [3.05, 3.63) is 63.7 Å². The second kappa shape index (κ2) is 5.12. The molecular formula is C17H18ClNO. The Balaban J connectivity index is 1.96. The second-order valence-corrected chi connectivity index (χ2v) is 5.99. The van der Waals surface area contributed by atoms with Crippen LogP contribution in [0.25, 0.3) is 0 Å². The van der Waals surface area contributed by atoms with Crippen molar-refractivity contribution in [2.75, 3.05) is 0 Å². The van der Waals surface area contributed by atoms with Crippen LogP contribution in [0.5, 0.6) is 5.75 Å². The molecule has 0 fully saturated rings. The SMILES string of the molecule is Cc1cc(C)cc(C2C[C@@H](N)c3cc(Cl)ccc3O2)c1. The van der Waals surface area contributed by atoms with Gasteiger partial charge in [-0.2, -0.15) is 0 Å². The molecule has 3 rings (SSSR count). The van der Waals surface area contributed by atoms with E-state index >= 15 is 0 Å². The van der Waals surface area contributed by atoms with E-state index in [-0.39, 0.29) is 12.1 Å². The summed E-state index contributed by atoms with van der Waals surface area (Å²) in [6.07, 6.45) is 0.785. The monoisotopic (exact) mass is 287 g/mol. The Kier molecular flexibility index (Phi) is 3.45. The minimum atomic E-state index is -0.0386. The van der Waals surface area contributed by atoms with E-state index in [2.05, 4.69) is 32.0 Å². The van der Waals surface area contributed by atoms with Gasteiger partial charge in [-0.15, -0.1) is 0 Å². The van der Waals surface area contributed by atoms with Gasteiger partial charge >= 0.3 is 0 Å². The van der Waals surface area contributed by atoms with Gasteiger partial charge in [0.25, 0.3) is 0 Å². The molecule has 0 radical (unpaired) electrons. The first-order valence-corrected chi connectivity index (χ1v) is 7.20. The number of aryl methyl sites for hydroxylation is 2. The van der Waals surface area contributed by atoms with Crippen LogP contribution in [0.15, 0.2) is 36.4 Å². The maximum absolute atomic E-state index is 6.28. The average molecular weight is 288 g/mol. The molecule has 2 N–H and O–H groups in total. The lowest BCUT2D eigenvalue weighted by atomic mass is 9.92. The Morgan fingerprint density at radius 1 is 1.10 bits per heavy atom. The van der Waals surface area contributed by atoms with Gasteiger partial charge < -0.3 is 10.5 Å². The first kappa shape index (κ1) is 13.5. The largest absolute Gasteiger partial charge is 0.485 e. The van der Waals surface area contributed by atoms with Crippen LogP contribution in [0.1, 0.15) is 40.8 Å². The highest BCUT2D eigenvalue weighted by Gasteiger charge is 2.27. The molecule has 1 aliphatic heterocycles. The molecule has 2 atom stereocenters. The second-order valence-electron chi connectivity index (χ2n) is 5.55. The smallest absolute Gasteiger partial charge is 0.126 e. The molecule has 0 aliphatic carbocycles. The van der Waals surface area contributed by atoms with Gasteiger partial charge in [-0.05, 0) is 37.6 Å². The van der Waals surface area contributed by atoms with E-state index < -0.39 is 0 Å². The van der Waals surface area contributed by atoms with Gasteiger partial charge in [-0.3, -0.25) is 0 Å². The van der Waals surface area contributed by atoms with Crippen LogP contribution >= 0.6 is 11.6 Å². The Hall–Kier alpha value is -1.51. The third kappa shape index (κ3) is 2.54. The molecule has 0 amide bonds. The molecule has 0 saturated heterocycles. The summed E-state index contributed by atoms with van der Waals surface area (Å²) in [6, 6.07) is 12.1. The lowest BCUT2D eigenvalue weighted by Gasteiger charge is -2.31. The fourth-order valence-corrected chi connectivity index (χ4v) is 3.06. The molecule has 0 aromatic heterocycles. The van der Waals surface area contributed by atoms with Crippen molar-refractivity contribution in [3.63, 3.8) is 0 Å². The van der Waals surface area contributed by atoms with Crippen LogP contribution in [0, 0.1) is 13.8 Å². The molecule has 1 aliphatic rings. The molecule has 1 unspecified atom stereocenters. The number of fused-ring (bicyclic) bond motifs is 1. The lowest BCUT2D eigenvalue weighted by Crippen LogP contribution is -2.24. The number of benzene rings is 2. The highest BCUT2D eigenvalue weighted by atomic mass is 35.5. The maximum atomic E-state index is 6.28. The highest BCUT2D eigenvalue weighted by Crippen LogP contribution is 2.40. The minimum Gasteiger partial charge on any atom is -0.485 e. The molecular weight excluding hydrogens is 270 g/mol. The van der Waals surface area contributed by atoms with E-state index in [0.29, 0.717) is 5.02 Å². The first-order valence-electron chi connectivity index (χ1n) is 6.83. The predicted octanol–water partition coefficient (Wildman–Crippen LogP) is 4.48. The summed E-state index contributed by atoms with van der Waals surface area (Å²) in [5.41, 5.74) is 11.0. The maximum Gasteiger partial charge on any atom is 0.126 e. The number of hydrogen-bond donors (Lipinski definition) is 1. The van der Waals surface area contributed by atoms with E-state index in [1.807, 2.05) is 18.2 Å². The predicted molar refractivity (Wildman–Crippen MR) is 82.3 cm³/mol. The molecule has 1 heterocycles. The summed E-state index contributed by atoms with van der Waals surface area (Å²) in [6.45, 7) is 4.21. The molecule has 2 aromatic rings. The van der Waals surface area contributed by atoms with Crippen LogP contribution in [0.2, 0.25) is 5.02 Å². The summed E-state index contributed by atoms with van der Waals surface area (Å²) < 4.78 is 6.11. The van der Waals surface area contributed by atoms with E-state index in [4.69, 9.17) is 22.1 Å². The van der Waals surface area contributed by atoms with Gasteiger partial charge in [0.15, 0.2) is 0 Å². The minimum absolute atomic E-state index is 0.0114. The van der Waals surface area contributed by atoms with Gasteiger partial charge in [-0.25, -0.2) is 0 Å². The standard InChI is InChI=1S/C17H18ClNO/c1-10-5-11(2)7-12(6-10)17-9-15(19)14-8-13(18)3-4-16(14)20-17/h3-8,15,17H,9,19H2,1-2H3/t15-,17?/m1/s1.